The van der Waals surface area contributed by atoms with Crippen molar-refractivity contribution in [3.8, 4) is 17.1 Å². The standard InChI is InChI=1S/C34H21N3/c1-3-13-24-22(10-1)12-9-16-26(24)33-34(36-29-18-7-6-17-28(29)35-33)37-30-19-8-5-15-27(30)32-25-14-4-2-11-23(25)20-21-31(32)37/h1-21H. The van der Waals surface area contributed by atoms with Crippen molar-refractivity contribution in [3.63, 3.8) is 0 Å². The van der Waals surface area contributed by atoms with E-state index in [4.69, 9.17) is 9.97 Å². The highest BCUT2D eigenvalue weighted by molar-refractivity contribution is 6.21. The topological polar surface area (TPSA) is 30.7 Å². The Hall–Kier alpha value is -5.02. The molecule has 2 heterocycles. The highest BCUT2D eigenvalue weighted by atomic mass is 15.1. The first-order valence-electron chi connectivity index (χ1n) is 12.5. The van der Waals surface area contributed by atoms with Crippen LogP contribution in [0.3, 0.4) is 0 Å². The summed E-state index contributed by atoms with van der Waals surface area (Å²) in [4.78, 5) is 10.5. The van der Waals surface area contributed by atoms with Gasteiger partial charge in [-0.25, -0.2) is 9.97 Å². The lowest BCUT2D eigenvalue weighted by Crippen LogP contribution is -2.04. The fourth-order valence-electron chi connectivity index (χ4n) is 5.73. The molecule has 3 heteroatoms. The zero-order chi connectivity index (χ0) is 24.3. The third-order valence-electron chi connectivity index (χ3n) is 7.37. The number of aromatic nitrogens is 3. The van der Waals surface area contributed by atoms with Gasteiger partial charge >= 0.3 is 0 Å². The number of hydrogen-bond acceptors (Lipinski definition) is 2. The van der Waals surface area contributed by atoms with Gasteiger partial charge in [-0.1, -0.05) is 103 Å². The van der Waals surface area contributed by atoms with Crippen molar-refractivity contribution >= 4 is 54.4 Å². The van der Waals surface area contributed by atoms with Gasteiger partial charge in [0.15, 0.2) is 5.82 Å². The van der Waals surface area contributed by atoms with Crippen LogP contribution < -0.4 is 0 Å². The minimum Gasteiger partial charge on any atom is -0.292 e. The molecule has 0 saturated heterocycles. The van der Waals surface area contributed by atoms with Crippen LogP contribution in [0.1, 0.15) is 0 Å². The normalized spacial score (nSPS) is 11.8. The first-order valence-corrected chi connectivity index (χ1v) is 12.5. The highest BCUT2D eigenvalue weighted by Crippen LogP contribution is 2.39. The number of hydrogen-bond donors (Lipinski definition) is 0. The van der Waals surface area contributed by atoms with E-state index in [2.05, 4.69) is 108 Å². The molecule has 0 aliphatic heterocycles. The summed E-state index contributed by atoms with van der Waals surface area (Å²) in [5.74, 6) is 0.844. The lowest BCUT2D eigenvalue weighted by atomic mass is 10.0. The van der Waals surface area contributed by atoms with Crippen LogP contribution in [0.4, 0.5) is 0 Å². The van der Waals surface area contributed by atoms with Crippen LogP contribution in [0.25, 0.3) is 71.5 Å². The zero-order valence-corrected chi connectivity index (χ0v) is 20.0. The van der Waals surface area contributed by atoms with E-state index in [-0.39, 0.29) is 0 Å². The van der Waals surface area contributed by atoms with Gasteiger partial charge in [0.1, 0.15) is 5.69 Å². The Balaban J connectivity index is 1.58. The van der Waals surface area contributed by atoms with E-state index in [0.717, 1.165) is 39.1 Å². The fraction of sp³-hybridized carbons (Fsp3) is 0. The van der Waals surface area contributed by atoms with E-state index in [1.807, 2.05) is 24.3 Å². The molecule has 37 heavy (non-hydrogen) atoms. The van der Waals surface area contributed by atoms with Crippen molar-refractivity contribution in [1.82, 2.24) is 14.5 Å². The van der Waals surface area contributed by atoms with Crippen LogP contribution >= 0.6 is 0 Å². The number of rotatable bonds is 2. The van der Waals surface area contributed by atoms with Gasteiger partial charge in [-0.2, -0.15) is 0 Å². The summed E-state index contributed by atoms with van der Waals surface area (Å²) in [7, 11) is 0. The second-order valence-corrected chi connectivity index (χ2v) is 9.44. The third-order valence-corrected chi connectivity index (χ3v) is 7.37. The van der Waals surface area contributed by atoms with Gasteiger partial charge in [0.05, 0.1) is 22.1 Å². The van der Waals surface area contributed by atoms with Gasteiger partial charge in [0.25, 0.3) is 0 Å². The van der Waals surface area contributed by atoms with Crippen LogP contribution in [0, 0.1) is 0 Å². The molecule has 0 N–H and O–H groups in total. The molecular weight excluding hydrogens is 450 g/mol. The van der Waals surface area contributed by atoms with Gasteiger partial charge in [0.2, 0.25) is 0 Å². The first kappa shape index (κ1) is 20.2. The fourth-order valence-corrected chi connectivity index (χ4v) is 5.73. The summed E-state index contributed by atoms with van der Waals surface area (Å²) >= 11 is 0. The molecule has 2 aromatic heterocycles. The number of fused-ring (bicyclic) bond motifs is 7. The van der Waals surface area contributed by atoms with Crippen molar-refractivity contribution in [1.29, 1.82) is 0 Å². The van der Waals surface area contributed by atoms with Crippen molar-refractivity contribution in [2.45, 2.75) is 0 Å². The van der Waals surface area contributed by atoms with Gasteiger partial charge in [0, 0.05) is 16.3 Å². The molecule has 0 saturated carbocycles. The molecule has 0 bridgehead atoms. The van der Waals surface area contributed by atoms with E-state index >= 15 is 0 Å². The summed E-state index contributed by atoms with van der Waals surface area (Å²) < 4.78 is 2.30. The monoisotopic (exact) mass is 471 g/mol. The summed E-state index contributed by atoms with van der Waals surface area (Å²) in [5.41, 5.74) is 5.99. The van der Waals surface area contributed by atoms with Crippen molar-refractivity contribution < 1.29 is 0 Å². The Kier molecular flexibility index (Phi) is 4.23. The Morgan fingerprint density at radius 1 is 0.432 bits per heavy atom. The molecule has 3 nitrogen and oxygen atoms in total. The van der Waals surface area contributed by atoms with Crippen LogP contribution in [-0.4, -0.2) is 14.5 Å². The van der Waals surface area contributed by atoms with E-state index in [1.165, 1.54) is 32.3 Å². The molecule has 6 aromatic carbocycles. The molecule has 0 radical (unpaired) electrons. The van der Waals surface area contributed by atoms with Crippen LogP contribution in [-0.2, 0) is 0 Å². The maximum Gasteiger partial charge on any atom is 0.165 e. The molecule has 8 rings (SSSR count). The van der Waals surface area contributed by atoms with E-state index in [1.54, 1.807) is 0 Å². The molecule has 8 aromatic rings. The second kappa shape index (κ2) is 7.74. The van der Waals surface area contributed by atoms with Crippen LogP contribution in [0.2, 0.25) is 0 Å². The van der Waals surface area contributed by atoms with Gasteiger partial charge in [-0.05, 0) is 45.8 Å². The number of nitrogens with zero attached hydrogens (tertiary/aromatic N) is 3. The molecule has 0 aliphatic rings. The summed E-state index contributed by atoms with van der Waals surface area (Å²) in [5, 5.41) is 7.30. The van der Waals surface area contributed by atoms with Crippen molar-refractivity contribution in [3.05, 3.63) is 127 Å². The predicted molar refractivity (Wildman–Crippen MR) is 154 cm³/mol. The molecule has 0 fully saturated rings. The maximum atomic E-state index is 5.28. The summed E-state index contributed by atoms with van der Waals surface area (Å²) in [6, 6.07) is 44.7. The quantitative estimate of drug-likeness (QED) is 0.252. The SMILES string of the molecule is c1ccc2c(-c3nc4ccccc4nc3-n3c4ccccc4c4c5ccccc5ccc43)cccc2c1. The molecule has 0 spiro atoms. The third kappa shape index (κ3) is 2.95. The second-order valence-electron chi connectivity index (χ2n) is 9.44. The molecule has 0 amide bonds. The van der Waals surface area contributed by atoms with E-state index in [9.17, 15) is 0 Å². The Morgan fingerprint density at radius 3 is 1.89 bits per heavy atom. The number of para-hydroxylation sites is 3. The smallest absolute Gasteiger partial charge is 0.165 e. The van der Waals surface area contributed by atoms with Crippen LogP contribution in [0.5, 0.6) is 0 Å². The lowest BCUT2D eigenvalue weighted by Gasteiger charge is -2.15. The first-order chi connectivity index (χ1) is 18.4. The minimum atomic E-state index is 0.844. The summed E-state index contributed by atoms with van der Waals surface area (Å²) in [6.45, 7) is 0. The minimum absolute atomic E-state index is 0.844. The van der Waals surface area contributed by atoms with Crippen LogP contribution in [0.15, 0.2) is 127 Å². The molecule has 172 valence electrons. The highest BCUT2D eigenvalue weighted by Gasteiger charge is 2.21. The van der Waals surface area contributed by atoms with Gasteiger partial charge in [-0.15, -0.1) is 0 Å². The van der Waals surface area contributed by atoms with E-state index in [0.29, 0.717) is 0 Å². The molecule has 0 unspecified atom stereocenters. The molecule has 0 aliphatic carbocycles. The van der Waals surface area contributed by atoms with E-state index < -0.39 is 0 Å². The molecular formula is C34H21N3. The average Bonchev–Trinajstić information content (AvgIpc) is 3.31. The summed E-state index contributed by atoms with van der Waals surface area (Å²) in [6.07, 6.45) is 0. The lowest BCUT2D eigenvalue weighted by molar-refractivity contribution is 1.08. The molecule has 0 atom stereocenters. The van der Waals surface area contributed by atoms with Crippen molar-refractivity contribution in [2.75, 3.05) is 0 Å². The predicted octanol–water partition coefficient (Wildman–Crippen LogP) is 8.70. The largest absolute Gasteiger partial charge is 0.292 e. The van der Waals surface area contributed by atoms with Crippen molar-refractivity contribution in [2.24, 2.45) is 0 Å². The Bertz CT molecular complexity index is 2150. The Labute approximate surface area is 213 Å². The average molecular weight is 472 g/mol. The van der Waals surface area contributed by atoms with Gasteiger partial charge < -0.3 is 0 Å². The zero-order valence-electron chi connectivity index (χ0n) is 20.0. The van der Waals surface area contributed by atoms with Gasteiger partial charge in [-0.3, -0.25) is 4.57 Å². The Morgan fingerprint density at radius 2 is 1.05 bits per heavy atom. The number of benzene rings is 6. The maximum absolute atomic E-state index is 5.28.